The minimum absolute atomic E-state index is 0.186. The summed E-state index contributed by atoms with van der Waals surface area (Å²) in [5.74, 6) is 0.827. The van der Waals surface area contributed by atoms with E-state index in [9.17, 15) is 0 Å². The Morgan fingerprint density at radius 2 is 1.60 bits per heavy atom. The molecule has 6 aliphatic carbocycles. The number of benzene rings is 3. The fraction of sp³-hybridized carbons (Fsp3) is 0.289. The molecule has 0 aromatic heterocycles. The molecule has 2 atom stereocenters. The molecule has 0 aliphatic heterocycles. The van der Waals surface area contributed by atoms with Crippen LogP contribution in [0.1, 0.15) is 103 Å². The molecule has 0 nitrogen and oxygen atoms in total. The van der Waals surface area contributed by atoms with Gasteiger partial charge in [0.15, 0.2) is 0 Å². The third-order valence-electron chi connectivity index (χ3n) is 11.8. The molecule has 2 unspecified atom stereocenters. The van der Waals surface area contributed by atoms with Crippen molar-refractivity contribution >= 4 is 36.5 Å². The van der Waals surface area contributed by atoms with Gasteiger partial charge in [0.1, 0.15) is 0 Å². The van der Waals surface area contributed by atoms with E-state index in [2.05, 4.69) is 124 Å². The Morgan fingerprint density at radius 3 is 2.47 bits per heavy atom. The molecule has 0 heterocycles. The summed E-state index contributed by atoms with van der Waals surface area (Å²) < 4.78 is 0. The third-order valence-corrected chi connectivity index (χ3v) is 11.8. The average Bonchev–Trinajstić information content (AvgIpc) is 3.09. The Kier molecular flexibility index (Phi) is 6.15. The molecule has 0 saturated heterocycles. The van der Waals surface area contributed by atoms with E-state index in [1.807, 2.05) is 0 Å². The van der Waals surface area contributed by atoms with Crippen molar-refractivity contribution in [1.29, 1.82) is 0 Å². The van der Waals surface area contributed by atoms with E-state index >= 15 is 0 Å². The van der Waals surface area contributed by atoms with Crippen molar-refractivity contribution in [1.82, 2.24) is 0 Å². The van der Waals surface area contributed by atoms with Crippen molar-refractivity contribution in [2.75, 3.05) is 0 Å². The summed E-state index contributed by atoms with van der Waals surface area (Å²) in [5, 5.41) is 2.92. The van der Waals surface area contributed by atoms with Crippen LogP contribution in [0.4, 0.5) is 0 Å². The zero-order valence-electron chi connectivity index (χ0n) is 26.9. The van der Waals surface area contributed by atoms with Gasteiger partial charge in [0.2, 0.25) is 0 Å². The summed E-state index contributed by atoms with van der Waals surface area (Å²) in [6.07, 6.45) is 34.7. The Hall–Kier alpha value is -4.16. The van der Waals surface area contributed by atoms with Crippen molar-refractivity contribution in [3.8, 4) is 11.1 Å². The lowest BCUT2D eigenvalue weighted by atomic mass is 9.64. The topological polar surface area (TPSA) is 0 Å². The summed E-state index contributed by atoms with van der Waals surface area (Å²) in [4.78, 5) is 0. The number of rotatable bonds is 4. The second-order valence-corrected chi connectivity index (χ2v) is 14.6. The zero-order valence-corrected chi connectivity index (χ0v) is 26.9. The van der Waals surface area contributed by atoms with Crippen LogP contribution in [-0.2, 0) is 18.3 Å². The average molecular weight is 583 g/mol. The SMILES string of the molecule is CCC(C)(C)c1cc2c3c(c1)C=CC1C(C4=Cc5ccc(-c6cc7c(c8c6=CCCC=8)C=CCC7)cc5CC4)=CC=C(C=C2)C31. The third kappa shape index (κ3) is 4.25. The van der Waals surface area contributed by atoms with E-state index in [4.69, 9.17) is 0 Å². The second-order valence-electron chi connectivity index (χ2n) is 14.6. The lowest BCUT2D eigenvalue weighted by molar-refractivity contribution is 0.505. The summed E-state index contributed by atoms with van der Waals surface area (Å²) >= 11 is 0. The van der Waals surface area contributed by atoms with E-state index in [0.717, 1.165) is 44.9 Å². The quantitative estimate of drug-likeness (QED) is 0.287. The highest BCUT2D eigenvalue weighted by atomic mass is 14.4. The normalized spacial score (nSPS) is 21.7. The van der Waals surface area contributed by atoms with Gasteiger partial charge in [-0.25, -0.2) is 0 Å². The van der Waals surface area contributed by atoms with Crippen LogP contribution in [0.5, 0.6) is 0 Å². The van der Waals surface area contributed by atoms with Crippen LogP contribution < -0.4 is 10.4 Å². The van der Waals surface area contributed by atoms with E-state index in [1.54, 1.807) is 0 Å². The molecule has 6 aliphatic rings. The first-order valence-corrected chi connectivity index (χ1v) is 17.3. The maximum atomic E-state index is 2.51. The monoisotopic (exact) mass is 582 g/mol. The molecule has 3 aromatic rings. The van der Waals surface area contributed by atoms with E-state index in [-0.39, 0.29) is 5.41 Å². The molecule has 45 heavy (non-hydrogen) atoms. The van der Waals surface area contributed by atoms with E-state index in [1.165, 1.54) is 82.8 Å². The summed E-state index contributed by atoms with van der Waals surface area (Å²) in [7, 11) is 0. The van der Waals surface area contributed by atoms with Gasteiger partial charge in [-0.1, -0.05) is 118 Å². The standard InChI is InChI=1S/C45H42/c1-4-45(2,3)36-25-34-18-13-28-19-21-38(41-22-20-35(26-36)43(34)44(28)41)32-16-14-30-24-33(17-15-29(30)23-32)42-27-31-9-5-6-10-37(31)39-11-7-8-12-40(39)42/h6,10-13,15,17-27,41,44H,4-5,7-9,14,16H2,1-3H3. The Balaban J connectivity index is 1.08. The maximum Gasteiger partial charge on any atom is 0.0205 e. The van der Waals surface area contributed by atoms with Gasteiger partial charge in [-0.05, 0) is 139 Å². The second kappa shape index (κ2) is 10.2. The smallest absolute Gasteiger partial charge is 0.0205 e. The molecular formula is C45H42. The van der Waals surface area contributed by atoms with Crippen molar-refractivity contribution in [3.63, 3.8) is 0 Å². The predicted molar refractivity (Wildman–Crippen MR) is 193 cm³/mol. The molecule has 0 spiro atoms. The van der Waals surface area contributed by atoms with Gasteiger partial charge in [-0.2, -0.15) is 0 Å². The molecule has 3 aromatic carbocycles. The highest BCUT2D eigenvalue weighted by Gasteiger charge is 2.38. The first kappa shape index (κ1) is 27.2. The number of fused-ring (bicyclic) bond motifs is 4. The van der Waals surface area contributed by atoms with E-state index in [0.29, 0.717) is 11.8 Å². The molecule has 0 N–H and O–H groups in total. The number of hydrogen-bond donors (Lipinski definition) is 0. The summed E-state index contributed by atoms with van der Waals surface area (Å²) in [6.45, 7) is 7.06. The molecule has 9 rings (SSSR count). The molecule has 0 amide bonds. The van der Waals surface area contributed by atoms with Gasteiger partial charge in [0.05, 0.1) is 0 Å². The van der Waals surface area contributed by atoms with Gasteiger partial charge in [-0.15, -0.1) is 0 Å². The summed E-state index contributed by atoms with van der Waals surface area (Å²) in [5.41, 5.74) is 19.2. The van der Waals surface area contributed by atoms with Gasteiger partial charge in [-0.3, -0.25) is 0 Å². The van der Waals surface area contributed by atoms with Crippen LogP contribution in [-0.4, -0.2) is 0 Å². The molecular weight excluding hydrogens is 540 g/mol. The Labute approximate surface area is 268 Å². The Bertz CT molecular complexity index is 2110. The first-order chi connectivity index (χ1) is 22.0. The minimum Gasteiger partial charge on any atom is -0.0836 e. The van der Waals surface area contributed by atoms with Crippen LogP contribution in [0.2, 0.25) is 0 Å². The van der Waals surface area contributed by atoms with Crippen LogP contribution >= 0.6 is 0 Å². The molecule has 0 fully saturated rings. The van der Waals surface area contributed by atoms with Crippen LogP contribution in [0.25, 0.3) is 47.6 Å². The fourth-order valence-corrected chi connectivity index (χ4v) is 8.81. The number of aryl methyl sites for hydroxylation is 2. The van der Waals surface area contributed by atoms with Crippen molar-refractivity contribution in [2.45, 2.75) is 77.0 Å². The summed E-state index contributed by atoms with van der Waals surface area (Å²) in [6, 6.07) is 14.7. The van der Waals surface area contributed by atoms with Gasteiger partial charge < -0.3 is 0 Å². The van der Waals surface area contributed by atoms with Crippen LogP contribution in [0.15, 0.2) is 83.5 Å². The highest BCUT2D eigenvalue weighted by molar-refractivity contribution is 5.79. The largest absolute Gasteiger partial charge is 0.0836 e. The molecule has 222 valence electrons. The fourth-order valence-electron chi connectivity index (χ4n) is 8.81. The van der Waals surface area contributed by atoms with Crippen molar-refractivity contribution in [3.05, 3.63) is 138 Å². The number of hydrogen-bond acceptors (Lipinski definition) is 0. The van der Waals surface area contributed by atoms with Crippen LogP contribution in [0, 0.1) is 5.92 Å². The molecule has 0 heteroatoms. The van der Waals surface area contributed by atoms with E-state index < -0.39 is 0 Å². The highest BCUT2D eigenvalue weighted by Crippen LogP contribution is 2.52. The lowest BCUT2D eigenvalue weighted by Gasteiger charge is -2.40. The van der Waals surface area contributed by atoms with Crippen molar-refractivity contribution < 1.29 is 0 Å². The number of allylic oxidation sites excluding steroid dienone is 8. The molecule has 0 bridgehead atoms. The van der Waals surface area contributed by atoms with Crippen LogP contribution in [0.3, 0.4) is 0 Å². The van der Waals surface area contributed by atoms with Gasteiger partial charge in [0.25, 0.3) is 0 Å². The lowest BCUT2D eigenvalue weighted by Crippen LogP contribution is -2.33. The molecule has 0 saturated carbocycles. The molecule has 0 radical (unpaired) electrons. The Morgan fingerprint density at radius 1 is 0.756 bits per heavy atom. The van der Waals surface area contributed by atoms with Gasteiger partial charge >= 0.3 is 0 Å². The van der Waals surface area contributed by atoms with Crippen molar-refractivity contribution in [2.24, 2.45) is 5.92 Å². The predicted octanol–water partition coefficient (Wildman–Crippen LogP) is 10.0. The minimum atomic E-state index is 0.186. The maximum absolute atomic E-state index is 2.51. The van der Waals surface area contributed by atoms with Gasteiger partial charge in [0, 0.05) is 11.8 Å². The zero-order chi connectivity index (χ0) is 30.3. The first-order valence-electron chi connectivity index (χ1n) is 17.3.